The van der Waals surface area contributed by atoms with Gasteiger partial charge in [-0.25, -0.2) is 18.1 Å². The minimum atomic E-state index is -3.57. The van der Waals surface area contributed by atoms with E-state index in [0.717, 1.165) is 35.1 Å². The van der Waals surface area contributed by atoms with Crippen LogP contribution in [0.3, 0.4) is 0 Å². The number of sulfonamides is 1. The number of rotatable bonds is 8. The lowest BCUT2D eigenvalue weighted by atomic mass is 10.2. The van der Waals surface area contributed by atoms with Crippen molar-refractivity contribution in [2.24, 2.45) is 0 Å². The summed E-state index contributed by atoms with van der Waals surface area (Å²) in [6.45, 7) is 5.12. The summed E-state index contributed by atoms with van der Waals surface area (Å²) < 4.78 is 34.7. The van der Waals surface area contributed by atoms with Crippen LogP contribution in [0.4, 0.5) is 0 Å². The molecule has 2 aromatic heterocycles. The first-order valence-corrected chi connectivity index (χ1v) is 11.3. The molecule has 4 aromatic rings. The van der Waals surface area contributed by atoms with Gasteiger partial charge in [-0.05, 0) is 43.7 Å². The normalized spacial score (nSPS) is 11.9. The van der Waals surface area contributed by atoms with E-state index in [4.69, 9.17) is 4.52 Å². The summed E-state index contributed by atoms with van der Waals surface area (Å²) in [6.07, 6.45) is 3.17. The number of hydrogen-bond acceptors (Lipinski definition) is 6. The Morgan fingerprint density at radius 2 is 1.93 bits per heavy atom. The fourth-order valence-electron chi connectivity index (χ4n) is 3.19. The molecule has 156 valence electrons. The fraction of sp³-hybridized carbons (Fsp3) is 0.286. The quantitative estimate of drug-likeness (QED) is 0.464. The van der Waals surface area contributed by atoms with E-state index in [1.165, 1.54) is 0 Å². The number of aromatic nitrogens is 4. The largest absolute Gasteiger partial charge is 0.339 e. The van der Waals surface area contributed by atoms with Crippen LogP contribution in [0.15, 0.2) is 58.2 Å². The van der Waals surface area contributed by atoms with Gasteiger partial charge in [0, 0.05) is 25.1 Å². The van der Waals surface area contributed by atoms with E-state index in [1.807, 2.05) is 31.5 Å². The lowest BCUT2D eigenvalue weighted by Gasteiger charge is -2.05. The van der Waals surface area contributed by atoms with E-state index in [1.54, 1.807) is 24.3 Å². The molecule has 0 spiro atoms. The second-order valence-electron chi connectivity index (χ2n) is 7.11. The van der Waals surface area contributed by atoms with Crippen molar-refractivity contribution in [3.05, 3.63) is 60.2 Å². The van der Waals surface area contributed by atoms with Crippen LogP contribution in [-0.2, 0) is 23.0 Å². The monoisotopic (exact) mass is 425 g/mol. The van der Waals surface area contributed by atoms with Gasteiger partial charge in [-0.3, -0.25) is 0 Å². The molecule has 30 heavy (non-hydrogen) atoms. The van der Waals surface area contributed by atoms with Gasteiger partial charge in [-0.1, -0.05) is 29.8 Å². The molecular formula is C21H23N5O3S. The molecule has 0 bridgehead atoms. The maximum atomic E-state index is 12.3. The lowest BCUT2D eigenvalue weighted by Crippen LogP contribution is -2.26. The Kier molecular flexibility index (Phi) is 5.65. The smallest absolute Gasteiger partial charge is 0.240 e. The van der Waals surface area contributed by atoms with E-state index in [0.29, 0.717) is 18.1 Å². The Morgan fingerprint density at radius 1 is 1.13 bits per heavy atom. The van der Waals surface area contributed by atoms with Crippen LogP contribution in [0, 0.1) is 6.92 Å². The number of imidazole rings is 1. The van der Waals surface area contributed by atoms with Gasteiger partial charge in [-0.15, -0.1) is 0 Å². The number of hydrogen-bond donors (Lipinski definition) is 1. The first-order chi connectivity index (χ1) is 14.5. The summed E-state index contributed by atoms with van der Waals surface area (Å²) in [4.78, 5) is 9.06. The van der Waals surface area contributed by atoms with Crippen LogP contribution in [0.2, 0.25) is 0 Å². The number of fused-ring (bicyclic) bond motifs is 1. The third-order valence-electron chi connectivity index (χ3n) is 4.77. The highest BCUT2D eigenvalue weighted by Gasteiger charge is 2.15. The molecule has 0 amide bonds. The van der Waals surface area contributed by atoms with Crippen molar-refractivity contribution < 1.29 is 12.9 Å². The zero-order valence-electron chi connectivity index (χ0n) is 16.9. The minimum absolute atomic E-state index is 0.165. The predicted molar refractivity (Wildman–Crippen MR) is 113 cm³/mol. The van der Waals surface area contributed by atoms with Gasteiger partial charge in [-0.2, -0.15) is 4.98 Å². The molecule has 8 nitrogen and oxygen atoms in total. The van der Waals surface area contributed by atoms with Crippen molar-refractivity contribution in [2.45, 2.75) is 38.1 Å². The Labute approximate surface area is 175 Å². The molecule has 0 saturated heterocycles. The van der Waals surface area contributed by atoms with Crippen molar-refractivity contribution in [1.29, 1.82) is 0 Å². The summed E-state index contributed by atoms with van der Waals surface area (Å²) in [5, 5.41) is 4.02. The standard InChI is InChI=1S/C21H23N5O3S/c1-3-12-26-14-22-18-13-16(6-9-19(18)26)21-24-20(29-25-21)10-11-23-30(27,28)17-7-4-15(2)5-8-17/h4-9,13-14,23H,3,10-12H2,1-2H3. The van der Waals surface area contributed by atoms with Gasteiger partial charge in [0.15, 0.2) is 0 Å². The molecule has 0 aliphatic heterocycles. The molecule has 4 rings (SSSR count). The Morgan fingerprint density at radius 3 is 2.70 bits per heavy atom. The van der Waals surface area contributed by atoms with Crippen LogP contribution in [-0.4, -0.2) is 34.7 Å². The van der Waals surface area contributed by atoms with E-state index >= 15 is 0 Å². The van der Waals surface area contributed by atoms with Gasteiger partial charge in [0.2, 0.25) is 21.7 Å². The molecule has 0 aliphatic carbocycles. The molecule has 9 heteroatoms. The summed E-state index contributed by atoms with van der Waals surface area (Å²) in [7, 11) is -3.57. The number of benzene rings is 2. The predicted octanol–water partition coefficient (Wildman–Crippen LogP) is 3.33. The topological polar surface area (TPSA) is 103 Å². The molecule has 0 unspecified atom stereocenters. The van der Waals surface area contributed by atoms with Crippen molar-refractivity contribution >= 4 is 21.1 Å². The molecule has 2 heterocycles. The lowest BCUT2D eigenvalue weighted by molar-refractivity contribution is 0.379. The highest BCUT2D eigenvalue weighted by molar-refractivity contribution is 7.89. The molecule has 0 fully saturated rings. The molecule has 0 saturated carbocycles. The van der Waals surface area contributed by atoms with Gasteiger partial charge < -0.3 is 9.09 Å². The molecule has 2 aromatic carbocycles. The Bertz CT molecular complexity index is 1260. The second kappa shape index (κ2) is 8.37. The molecule has 0 radical (unpaired) electrons. The summed E-state index contributed by atoms with van der Waals surface area (Å²) in [6, 6.07) is 12.6. The third-order valence-corrected chi connectivity index (χ3v) is 6.25. The van der Waals surface area contributed by atoms with Crippen LogP contribution in [0.1, 0.15) is 24.8 Å². The third kappa shape index (κ3) is 4.27. The van der Waals surface area contributed by atoms with Crippen LogP contribution >= 0.6 is 0 Å². The Hall–Kier alpha value is -3.04. The summed E-state index contributed by atoms with van der Waals surface area (Å²) in [5.41, 5.74) is 3.75. The zero-order chi connectivity index (χ0) is 21.1. The SMILES string of the molecule is CCCn1cnc2cc(-c3noc(CCNS(=O)(=O)c4ccc(C)cc4)n3)ccc21. The summed E-state index contributed by atoms with van der Waals surface area (Å²) in [5.74, 6) is 0.826. The van der Waals surface area contributed by atoms with Crippen molar-refractivity contribution in [3.63, 3.8) is 0 Å². The average Bonchev–Trinajstić information content (AvgIpc) is 3.35. The van der Waals surface area contributed by atoms with Gasteiger partial charge in [0.25, 0.3) is 0 Å². The number of nitrogens with zero attached hydrogens (tertiary/aromatic N) is 4. The molecule has 0 atom stereocenters. The van der Waals surface area contributed by atoms with Gasteiger partial charge in [0.1, 0.15) is 0 Å². The van der Waals surface area contributed by atoms with Gasteiger partial charge >= 0.3 is 0 Å². The van der Waals surface area contributed by atoms with Gasteiger partial charge in [0.05, 0.1) is 22.3 Å². The minimum Gasteiger partial charge on any atom is -0.339 e. The molecular weight excluding hydrogens is 402 g/mol. The van der Waals surface area contributed by atoms with Crippen LogP contribution in [0.25, 0.3) is 22.4 Å². The van der Waals surface area contributed by atoms with E-state index < -0.39 is 10.0 Å². The second-order valence-corrected chi connectivity index (χ2v) is 8.88. The first kappa shape index (κ1) is 20.2. The van der Waals surface area contributed by atoms with Crippen molar-refractivity contribution in [2.75, 3.05) is 6.54 Å². The van der Waals surface area contributed by atoms with E-state index in [9.17, 15) is 8.42 Å². The molecule has 0 aliphatic rings. The van der Waals surface area contributed by atoms with E-state index in [2.05, 4.69) is 31.3 Å². The van der Waals surface area contributed by atoms with Crippen molar-refractivity contribution in [1.82, 2.24) is 24.4 Å². The summed E-state index contributed by atoms with van der Waals surface area (Å²) >= 11 is 0. The van der Waals surface area contributed by atoms with Crippen molar-refractivity contribution in [3.8, 4) is 11.4 Å². The first-order valence-electron chi connectivity index (χ1n) is 9.80. The van der Waals surface area contributed by atoms with E-state index in [-0.39, 0.29) is 11.4 Å². The maximum Gasteiger partial charge on any atom is 0.240 e. The number of nitrogens with one attached hydrogen (secondary N) is 1. The van der Waals surface area contributed by atoms with Crippen LogP contribution in [0.5, 0.6) is 0 Å². The Balaban J connectivity index is 1.42. The highest BCUT2D eigenvalue weighted by Crippen LogP contribution is 2.22. The number of aryl methyl sites for hydroxylation is 2. The maximum absolute atomic E-state index is 12.3. The average molecular weight is 426 g/mol. The highest BCUT2D eigenvalue weighted by atomic mass is 32.2. The molecule has 1 N–H and O–H groups in total. The fourth-order valence-corrected chi connectivity index (χ4v) is 4.22. The van der Waals surface area contributed by atoms with Crippen LogP contribution < -0.4 is 4.72 Å². The zero-order valence-corrected chi connectivity index (χ0v) is 17.7.